The Morgan fingerprint density at radius 3 is 0.844 bits per heavy atom. The molecule has 18 heteroatoms. The molecule has 0 saturated heterocycles. The Morgan fingerprint density at radius 2 is 0.719 bits per heavy atom. The van der Waals surface area contributed by atoms with E-state index < -0.39 is 82.2 Å². The van der Waals surface area contributed by atoms with Gasteiger partial charge >= 0.3 is 36.6 Å². The summed E-state index contributed by atoms with van der Waals surface area (Å²) in [5, 5.41) is 36.3. The molecular weight excluding hydrogens is 492 g/mol. The molecular formula is C14H6F12O6. The van der Waals surface area contributed by atoms with Gasteiger partial charge in [0.1, 0.15) is 0 Å². The fourth-order valence-corrected chi connectivity index (χ4v) is 2.48. The molecule has 0 heterocycles. The molecule has 0 amide bonds. The Labute approximate surface area is 166 Å². The lowest BCUT2D eigenvalue weighted by Crippen LogP contribution is -2.56. The molecule has 0 spiro atoms. The predicted molar refractivity (Wildman–Crippen MR) is 72.4 cm³/mol. The van der Waals surface area contributed by atoms with Crippen LogP contribution in [-0.4, -0.2) is 57.1 Å². The highest BCUT2D eigenvalue weighted by Gasteiger charge is 2.74. The molecule has 0 aliphatic rings. The lowest BCUT2D eigenvalue weighted by atomic mass is 9.80. The van der Waals surface area contributed by atoms with Crippen LogP contribution in [-0.2, 0) is 11.2 Å². The maximum absolute atomic E-state index is 13.1. The highest BCUT2D eigenvalue weighted by Crippen LogP contribution is 2.54. The van der Waals surface area contributed by atoms with E-state index in [1.165, 1.54) is 0 Å². The van der Waals surface area contributed by atoms with Gasteiger partial charge in [-0.05, 0) is 12.1 Å². The second kappa shape index (κ2) is 7.39. The van der Waals surface area contributed by atoms with Crippen molar-refractivity contribution in [2.45, 2.75) is 35.9 Å². The van der Waals surface area contributed by atoms with Gasteiger partial charge < -0.3 is 20.4 Å². The number of carboxylic acid groups (broad SMARTS) is 2. The van der Waals surface area contributed by atoms with E-state index in [1.54, 1.807) is 0 Å². The summed E-state index contributed by atoms with van der Waals surface area (Å²) in [6, 6.07) is -2.38. The van der Waals surface area contributed by atoms with Crippen LogP contribution in [0.5, 0.6) is 0 Å². The third-order valence-corrected chi connectivity index (χ3v) is 4.04. The average Bonchev–Trinajstić information content (AvgIpc) is 2.54. The molecule has 4 N–H and O–H groups in total. The van der Waals surface area contributed by atoms with Crippen molar-refractivity contribution in [1.82, 2.24) is 0 Å². The first-order valence-corrected chi connectivity index (χ1v) is 7.23. The van der Waals surface area contributed by atoms with E-state index in [0.29, 0.717) is 0 Å². The monoisotopic (exact) mass is 498 g/mol. The van der Waals surface area contributed by atoms with Crippen molar-refractivity contribution in [2.24, 2.45) is 0 Å². The standard InChI is InChI=1S/C14H6F12O6/c15-11(16,17)9(31,12(18,19)20)5-1-3(7(27)28)6(2-4(5)8(29)30)10(32,13(21,22)23)14(24,25)26/h1-2,31-32H,(H,27,28)(H,29,30). The fourth-order valence-electron chi connectivity index (χ4n) is 2.48. The Morgan fingerprint density at radius 1 is 0.531 bits per heavy atom. The minimum atomic E-state index is -6.89. The second-order valence-corrected chi connectivity index (χ2v) is 5.97. The van der Waals surface area contributed by atoms with Crippen LogP contribution in [0.3, 0.4) is 0 Å². The van der Waals surface area contributed by atoms with Gasteiger partial charge in [0, 0.05) is 11.1 Å². The van der Waals surface area contributed by atoms with Crippen molar-refractivity contribution in [3.05, 3.63) is 34.4 Å². The molecule has 0 radical (unpaired) electrons. The van der Waals surface area contributed by atoms with Gasteiger partial charge in [0.2, 0.25) is 0 Å². The van der Waals surface area contributed by atoms with Gasteiger partial charge in [-0.15, -0.1) is 0 Å². The van der Waals surface area contributed by atoms with Gasteiger partial charge in [-0.2, -0.15) is 52.7 Å². The SMILES string of the molecule is O=C(O)c1cc(C(O)(C(F)(F)F)C(F)(F)F)c(C(=O)O)cc1C(O)(C(F)(F)F)C(F)(F)F. The van der Waals surface area contributed by atoms with Crippen molar-refractivity contribution in [3.8, 4) is 0 Å². The number of aromatic carboxylic acids is 2. The lowest BCUT2D eigenvalue weighted by Gasteiger charge is -2.36. The highest BCUT2D eigenvalue weighted by atomic mass is 19.4. The third kappa shape index (κ3) is 3.91. The lowest BCUT2D eigenvalue weighted by molar-refractivity contribution is -0.378. The maximum atomic E-state index is 13.1. The van der Waals surface area contributed by atoms with Gasteiger partial charge in [-0.1, -0.05) is 0 Å². The topological polar surface area (TPSA) is 115 Å². The molecule has 1 aromatic carbocycles. The zero-order valence-electron chi connectivity index (χ0n) is 14.3. The molecule has 0 unspecified atom stereocenters. The highest BCUT2D eigenvalue weighted by molar-refractivity contribution is 5.95. The number of hydrogen-bond donors (Lipinski definition) is 4. The summed E-state index contributed by atoms with van der Waals surface area (Å²) in [5.74, 6) is -6.06. The Hall–Kier alpha value is -2.76. The van der Waals surface area contributed by atoms with Crippen molar-refractivity contribution in [1.29, 1.82) is 0 Å². The largest absolute Gasteiger partial charge is 0.478 e. The van der Waals surface area contributed by atoms with Crippen LogP contribution in [0.25, 0.3) is 0 Å². The summed E-state index contributed by atoms with van der Waals surface area (Å²) in [6.45, 7) is 0. The first kappa shape index (κ1) is 27.3. The number of alkyl halides is 12. The smallest absolute Gasteiger partial charge is 0.430 e. The van der Waals surface area contributed by atoms with E-state index in [2.05, 4.69) is 0 Å². The molecule has 0 aromatic heterocycles. The minimum absolute atomic E-state index is 1.19. The van der Waals surface area contributed by atoms with E-state index >= 15 is 0 Å². The molecule has 182 valence electrons. The molecule has 1 aromatic rings. The van der Waals surface area contributed by atoms with Crippen LogP contribution in [0.2, 0.25) is 0 Å². The van der Waals surface area contributed by atoms with E-state index in [1.807, 2.05) is 0 Å². The van der Waals surface area contributed by atoms with Crippen molar-refractivity contribution >= 4 is 11.9 Å². The quantitative estimate of drug-likeness (QED) is 0.471. The second-order valence-electron chi connectivity index (χ2n) is 5.97. The molecule has 0 atom stereocenters. The van der Waals surface area contributed by atoms with E-state index in [0.717, 1.165) is 0 Å². The minimum Gasteiger partial charge on any atom is -0.478 e. The molecule has 6 nitrogen and oxygen atoms in total. The number of carboxylic acids is 2. The van der Waals surface area contributed by atoms with Crippen LogP contribution < -0.4 is 0 Å². The van der Waals surface area contributed by atoms with Crippen LogP contribution >= 0.6 is 0 Å². The number of hydrogen-bond acceptors (Lipinski definition) is 4. The molecule has 1 rings (SSSR count). The van der Waals surface area contributed by atoms with E-state index in [-0.39, 0.29) is 0 Å². The number of carbonyl (C=O) groups is 2. The number of benzene rings is 1. The summed E-state index contributed by atoms with van der Waals surface area (Å²) < 4.78 is 157. The number of rotatable bonds is 4. The predicted octanol–water partition coefficient (Wildman–Crippen LogP) is 3.71. The van der Waals surface area contributed by atoms with Crippen molar-refractivity contribution in [2.75, 3.05) is 0 Å². The zero-order valence-corrected chi connectivity index (χ0v) is 14.3. The molecule has 32 heavy (non-hydrogen) atoms. The summed E-state index contributed by atoms with van der Waals surface area (Å²) in [4.78, 5) is 22.3. The van der Waals surface area contributed by atoms with Crippen LogP contribution in [0.1, 0.15) is 31.8 Å². The molecule has 0 aliphatic heterocycles. The third-order valence-electron chi connectivity index (χ3n) is 4.04. The fraction of sp³-hybridized carbons (Fsp3) is 0.429. The Bertz CT molecular complexity index is 821. The Balaban J connectivity index is 4.39. The van der Waals surface area contributed by atoms with E-state index in [4.69, 9.17) is 10.2 Å². The Kier molecular flexibility index (Phi) is 6.30. The molecule has 0 bridgehead atoms. The van der Waals surface area contributed by atoms with Gasteiger partial charge in [0.15, 0.2) is 0 Å². The van der Waals surface area contributed by atoms with Gasteiger partial charge in [-0.25, -0.2) is 9.59 Å². The van der Waals surface area contributed by atoms with Crippen LogP contribution in [0.15, 0.2) is 12.1 Å². The molecule has 0 fully saturated rings. The zero-order chi connectivity index (χ0) is 25.9. The first-order chi connectivity index (χ1) is 13.9. The summed E-state index contributed by atoms with van der Waals surface area (Å²) in [5.41, 5.74) is -23.7. The summed E-state index contributed by atoms with van der Waals surface area (Å²) >= 11 is 0. The maximum Gasteiger partial charge on any atom is 0.430 e. The van der Waals surface area contributed by atoms with E-state index in [9.17, 15) is 72.5 Å². The van der Waals surface area contributed by atoms with Crippen LogP contribution in [0, 0.1) is 0 Å². The van der Waals surface area contributed by atoms with Crippen molar-refractivity contribution < 1.29 is 82.7 Å². The average molecular weight is 498 g/mol. The normalized spacial score (nSPS) is 14.4. The number of aliphatic hydroxyl groups is 2. The van der Waals surface area contributed by atoms with Crippen molar-refractivity contribution in [3.63, 3.8) is 0 Å². The molecule has 0 saturated carbocycles. The first-order valence-electron chi connectivity index (χ1n) is 7.23. The van der Waals surface area contributed by atoms with Gasteiger partial charge in [-0.3, -0.25) is 0 Å². The summed E-state index contributed by atoms with van der Waals surface area (Å²) in [6.07, 6.45) is -27.6. The van der Waals surface area contributed by atoms with Gasteiger partial charge in [0.05, 0.1) is 11.1 Å². The van der Waals surface area contributed by atoms with Crippen LogP contribution in [0.4, 0.5) is 52.7 Å². The molecule has 0 aliphatic carbocycles. The number of halogens is 12. The van der Waals surface area contributed by atoms with Gasteiger partial charge in [0.25, 0.3) is 11.2 Å². The summed E-state index contributed by atoms with van der Waals surface area (Å²) in [7, 11) is 0.